The monoisotopic (exact) mass is 302 g/mol. The molecule has 2 aliphatic rings. The number of likely N-dealkylation sites (tertiary alicyclic amines) is 1. The summed E-state index contributed by atoms with van der Waals surface area (Å²) in [5.41, 5.74) is 0. The summed E-state index contributed by atoms with van der Waals surface area (Å²) in [6.07, 6.45) is 8.49. The molecule has 22 heavy (non-hydrogen) atoms. The van der Waals surface area contributed by atoms with Gasteiger partial charge in [-0.25, -0.2) is 4.68 Å². The smallest absolute Gasteiger partial charge is 0.168 e. The standard InChI is InChI=1S/C14H22N8/c1-11(14-16-17-19-22(14)13-2-3-13)20-7-4-12(5-8-20)10-21-9-6-15-18-21/h6,9,11-13H,2-5,7-8,10H2,1H3/t11-/m1/s1. The van der Waals surface area contributed by atoms with Crippen molar-refractivity contribution in [3.63, 3.8) is 0 Å². The van der Waals surface area contributed by atoms with Crippen LogP contribution in [0.1, 0.15) is 50.5 Å². The normalized spacial score (nSPS) is 22.0. The third-order valence-electron chi connectivity index (χ3n) is 4.90. The molecule has 8 nitrogen and oxygen atoms in total. The average molecular weight is 302 g/mol. The average Bonchev–Trinajstić information content (AvgIpc) is 3.06. The first kappa shape index (κ1) is 13.8. The molecule has 1 atom stereocenters. The van der Waals surface area contributed by atoms with Crippen LogP contribution in [-0.2, 0) is 6.54 Å². The van der Waals surface area contributed by atoms with Gasteiger partial charge < -0.3 is 0 Å². The van der Waals surface area contributed by atoms with Gasteiger partial charge in [0, 0.05) is 12.7 Å². The Morgan fingerprint density at radius 2 is 2.00 bits per heavy atom. The molecule has 0 bridgehead atoms. The highest BCUT2D eigenvalue weighted by atomic mass is 15.6. The first-order chi connectivity index (χ1) is 10.8. The van der Waals surface area contributed by atoms with Gasteiger partial charge in [0.05, 0.1) is 18.3 Å². The van der Waals surface area contributed by atoms with Gasteiger partial charge in [0.15, 0.2) is 5.82 Å². The molecule has 1 saturated heterocycles. The Balaban J connectivity index is 1.35. The van der Waals surface area contributed by atoms with E-state index >= 15 is 0 Å². The minimum absolute atomic E-state index is 0.294. The second-order valence-corrected chi connectivity index (χ2v) is 6.49. The van der Waals surface area contributed by atoms with Gasteiger partial charge in [0.25, 0.3) is 0 Å². The van der Waals surface area contributed by atoms with Crippen LogP contribution in [0.25, 0.3) is 0 Å². The zero-order valence-corrected chi connectivity index (χ0v) is 12.9. The fraction of sp³-hybridized carbons (Fsp3) is 0.786. The summed E-state index contributed by atoms with van der Waals surface area (Å²) in [6.45, 7) is 5.39. The van der Waals surface area contributed by atoms with Crippen LogP contribution in [0.3, 0.4) is 0 Å². The maximum absolute atomic E-state index is 4.27. The lowest BCUT2D eigenvalue weighted by Gasteiger charge is -2.35. The quantitative estimate of drug-likeness (QED) is 0.822. The molecular weight excluding hydrogens is 280 g/mol. The van der Waals surface area contributed by atoms with Crippen molar-refractivity contribution in [2.75, 3.05) is 13.1 Å². The second-order valence-electron chi connectivity index (χ2n) is 6.49. The summed E-state index contributed by atoms with van der Waals surface area (Å²) in [4.78, 5) is 2.50. The minimum atomic E-state index is 0.294. The molecule has 3 heterocycles. The molecule has 0 spiro atoms. The summed E-state index contributed by atoms with van der Waals surface area (Å²) < 4.78 is 3.98. The van der Waals surface area contributed by atoms with Crippen LogP contribution < -0.4 is 0 Å². The highest BCUT2D eigenvalue weighted by Gasteiger charge is 2.32. The number of rotatable bonds is 5. The molecule has 118 valence electrons. The van der Waals surface area contributed by atoms with Crippen molar-refractivity contribution in [3.8, 4) is 0 Å². The Kier molecular flexibility index (Phi) is 3.61. The molecule has 0 N–H and O–H groups in total. The lowest BCUT2D eigenvalue weighted by atomic mass is 9.96. The van der Waals surface area contributed by atoms with Crippen molar-refractivity contribution in [3.05, 3.63) is 18.2 Å². The molecule has 2 fully saturated rings. The lowest BCUT2D eigenvalue weighted by Crippen LogP contribution is -2.37. The van der Waals surface area contributed by atoms with Crippen LogP contribution in [0.15, 0.2) is 12.4 Å². The lowest BCUT2D eigenvalue weighted by molar-refractivity contribution is 0.124. The second kappa shape index (κ2) is 5.75. The zero-order chi connectivity index (χ0) is 14.9. The number of tetrazole rings is 1. The van der Waals surface area contributed by atoms with E-state index in [0.717, 1.165) is 25.5 Å². The maximum Gasteiger partial charge on any atom is 0.168 e. The van der Waals surface area contributed by atoms with E-state index < -0.39 is 0 Å². The highest BCUT2D eigenvalue weighted by Crippen LogP contribution is 2.36. The fourth-order valence-corrected chi connectivity index (χ4v) is 3.34. The predicted octanol–water partition coefficient (Wildman–Crippen LogP) is 1.07. The summed E-state index contributed by atoms with van der Waals surface area (Å²) in [5.74, 6) is 1.71. The fourth-order valence-electron chi connectivity index (χ4n) is 3.34. The number of piperidine rings is 1. The van der Waals surface area contributed by atoms with Crippen LogP contribution in [0.2, 0.25) is 0 Å². The molecule has 2 aromatic rings. The van der Waals surface area contributed by atoms with E-state index in [0.29, 0.717) is 18.0 Å². The SMILES string of the molecule is C[C@H](c1nnnn1C1CC1)N1CCC(Cn2ccnn2)CC1. The van der Waals surface area contributed by atoms with Crippen molar-refractivity contribution < 1.29 is 0 Å². The van der Waals surface area contributed by atoms with Gasteiger partial charge in [-0.15, -0.1) is 10.2 Å². The summed E-state index contributed by atoms with van der Waals surface area (Å²) in [5, 5.41) is 20.3. The van der Waals surface area contributed by atoms with Crippen LogP contribution >= 0.6 is 0 Å². The van der Waals surface area contributed by atoms with Crippen molar-refractivity contribution in [2.24, 2.45) is 5.92 Å². The van der Waals surface area contributed by atoms with Gasteiger partial charge in [0.2, 0.25) is 0 Å². The summed E-state index contributed by atoms with van der Waals surface area (Å²) in [6, 6.07) is 0.834. The topological polar surface area (TPSA) is 77.5 Å². The molecule has 0 aromatic carbocycles. The molecular formula is C14H22N8. The van der Waals surface area contributed by atoms with Crippen molar-refractivity contribution in [1.29, 1.82) is 0 Å². The molecule has 0 amide bonds. The first-order valence-electron chi connectivity index (χ1n) is 8.17. The molecule has 1 saturated carbocycles. The minimum Gasteiger partial charge on any atom is -0.294 e. The van der Waals surface area contributed by atoms with Crippen LogP contribution in [0, 0.1) is 5.92 Å². The number of aromatic nitrogens is 7. The number of hydrogen-bond acceptors (Lipinski definition) is 6. The highest BCUT2D eigenvalue weighted by molar-refractivity contribution is 4.97. The molecule has 1 aliphatic heterocycles. The van der Waals surface area contributed by atoms with Crippen LogP contribution in [0.4, 0.5) is 0 Å². The third kappa shape index (κ3) is 2.75. The van der Waals surface area contributed by atoms with Gasteiger partial charge in [-0.2, -0.15) is 0 Å². The van der Waals surface area contributed by atoms with E-state index in [4.69, 9.17) is 0 Å². The maximum atomic E-state index is 4.27. The van der Waals surface area contributed by atoms with Gasteiger partial charge in [0.1, 0.15) is 0 Å². The van der Waals surface area contributed by atoms with Crippen LogP contribution in [-0.4, -0.2) is 53.2 Å². The Morgan fingerprint density at radius 3 is 2.68 bits per heavy atom. The first-order valence-corrected chi connectivity index (χ1v) is 8.17. The summed E-state index contributed by atoms with van der Waals surface area (Å²) >= 11 is 0. The molecule has 1 aliphatic carbocycles. The molecule has 0 radical (unpaired) electrons. The Hall–Kier alpha value is -1.83. The van der Waals surface area contributed by atoms with Gasteiger partial charge in [-0.3, -0.25) is 9.58 Å². The van der Waals surface area contributed by atoms with E-state index in [2.05, 4.69) is 37.7 Å². The predicted molar refractivity (Wildman–Crippen MR) is 78.8 cm³/mol. The van der Waals surface area contributed by atoms with Crippen molar-refractivity contribution >= 4 is 0 Å². The van der Waals surface area contributed by atoms with Crippen molar-refractivity contribution in [1.82, 2.24) is 40.1 Å². The molecule has 4 rings (SSSR count). The molecule has 8 heteroatoms. The third-order valence-corrected chi connectivity index (χ3v) is 4.90. The van der Waals surface area contributed by atoms with E-state index in [1.807, 2.05) is 15.6 Å². The Bertz CT molecular complexity index is 594. The summed E-state index contributed by atoms with van der Waals surface area (Å²) in [7, 11) is 0. The Labute approximate surface area is 129 Å². The molecule has 0 unspecified atom stereocenters. The number of nitrogens with zero attached hydrogens (tertiary/aromatic N) is 8. The van der Waals surface area contributed by atoms with Crippen molar-refractivity contribution in [2.45, 2.75) is 51.2 Å². The van der Waals surface area contributed by atoms with E-state index in [1.165, 1.54) is 25.7 Å². The number of hydrogen-bond donors (Lipinski definition) is 0. The van der Waals surface area contributed by atoms with E-state index in [9.17, 15) is 0 Å². The van der Waals surface area contributed by atoms with Gasteiger partial charge in [-0.05, 0) is 62.0 Å². The van der Waals surface area contributed by atoms with Crippen LogP contribution in [0.5, 0.6) is 0 Å². The zero-order valence-electron chi connectivity index (χ0n) is 12.9. The van der Waals surface area contributed by atoms with Gasteiger partial charge >= 0.3 is 0 Å². The van der Waals surface area contributed by atoms with E-state index in [-0.39, 0.29) is 0 Å². The molecule has 2 aromatic heterocycles. The Morgan fingerprint density at radius 1 is 1.18 bits per heavy atom. The largest absolute Gasteiger partial charge is 0.294 e. The van der Waals surface area contributed by atoms with E-state index in [1.54, 1.807) is 6.20 Å². The van der Waals surface area contributed by atoms with Gasteiger partial charge in [-0.1, -0.05) is 5.21 Å².